The Bertz CT molecular complexity index is 1100. The zero-order valence-corrected chi connectivity index (χ0v) is 20.9. The third-order valence-corrected chi connectivity index (χ3v) is 5.85. The van der Waals surface area contributed by atoms with Crippen LogP contribution in [0.3, 0.4) is 0 Å². The van der Waals surface area contributed by atoms with Gasteiger partial charge in [-0.25, -0.2) is 9.97 Å². The van der Waals surface area contributed by atoms with E-state index in [2.05, 4.69) is 40.6 Å². The average Bonchev–Trinajstić information content (AvgIpc) is 2.85. The summed E-state index contributed by atoms with van der Waals surface area (Å²) >= 11 is 0. The van der Waals surface area contributed by atoms with E-state index in [0.717, 1.165) is 6.42 Å². The second-order valence-corrected chi connectivity index (χ2v) is 9.38. The number of nitrogens with zero attached hydrogens (tertiary/aromatic N) is 5. The summed E-state index contributed by atoms with van der Waals surface area (Å²) in [5.41, 5.74) is 1.15. The van der Waals surface area contributed by atoms with Gasteiger partial charge in [0.1, 0.15) is 17.4 Å². The normalized spacial score (nSPS) is 18.5. The number of pyridine rings is 1. The number of hydrogen-bond acceptors (Lipinski definition) is 7. The first kappa shape index (κ1) is 26.1. The van der Waals surface area contributed by atoms with Gasteiger partial charge in [0, 0.05) is 50.1 Å². The highest BCUT2D eigenvalue weighted by atomic mass is 16.5. The second-order valence-electron chi connectivity index (χ2n) is 9.38. The number of hydrogen-bond donors (Lipinski definition) is 1. The van der Waals surface area contributed by atoms with Crippen molar-refractivity contribution in [2.24, 2.45) is 11.8 Å². The fourth-order valence-corrected chi connectivity index (χ4v) is 3.70. The van der Waals surface area contributed by atoms with Crippen LogP contribution in [0.4, 0.5) is 0 Å². The van der Waals surface area contributed by atoms with E-state index < -0.39 is 12.1 Å². The van der Waals surface area contributed by atoms with Crippen molar-refractivity contribution in [3.05, 3.63) is 47.7 Å². The number of ether oxygens (including phenoxy) is 1. The van der Waals surface area contributed by atoms with Crippen molar-refractivity contribution in [2.75, 3.05) is 26.7 Å². The van der Waals surface area contributed by atoms with Gasteiger partial charge < -0.3 is 19.6 Å². The Morgan fingerprint density at radius 1 is 1.29 bits per heavy atom. The molecule has 0 radical (unpaired) electrons. The van der Waals surface area contributed by atoms with E-state index >= 15 is 0 Å². The van der Waals surface area contributed by atoms with Crippen LogP contribution >= 0.6 is 0 Å². The van der Waals surface area contributed by atoms with Crippen LogP contribution in [0.1, 0.15) is 60.5 Å². The molecule has 0 aliphatic carbocycles. The average molecular weight is 480 g/mol. The maximum atomic E-state index is 13.5. The van der Waals surface area contributed by atoms with Crippen LogP contribution in [0.15, 0.2) is 30.9 Å². The lowest BCUT2D eigenvalue weighted by molar-refractivity contribution is 0.0312. The number of aromatic nitrogens is 3. The smallest absolute Gasteiger partial charge is 0.273 e. The third kappa shape index (κ3) is 6.55. The number of rotatable bonds is 6. The molecule has 1 N–H and O–H groups in total. The largest absolute Gasteiger partial charge is 0.472 e. The van der Waals surface area contributed by atoms with Gasteiger partial charge in [0.2, 0.25) is 5.88 Å². The molecular formula is C26H33N5O4. The molecule has 2 aromatic rings. The van der Waals surface area contributed by atoms with Crippen molar-refractivity contribution in [2.45, 2.75) is 46.3 Å². The summed E-state index contributed by atoms with van der Waals surface area (Å²) in [5.74, 6) is 6.12. The van der Waals surface area contributed by atoms with E-state index in [4.69, 9.17) is 4.74 Å². The molecule has 186 valence electrons. The van der Waals surface area contributed by atoms with Gasteiger partial charge in [-0.1, -0.05) is 32.6 Å². The first-order valence-corrected chi connectivity index (χ1v) is 11.8. The maximum Gasteiger partial charge on any atom is 0.273 e. The standard InChI is InChI=1S/C26H33N5O4/c1-17(2)7-6-8-20-11-21-24(29-12-20)35-23(18(3)14-31(25(21)33)19(4)16-32)15-30(5)26(34)22-13-27-9-10-28-22/h9-13,17-19,23,32H,7,14-16H2,1-5H3/t18-,19-,23+/m0/s1. The van der Waals surface area contributed by atoms with E-state index in [1.54, 1.807) is 31.1 Å². The topological polar surface area (TPSA) is 109 Å². The Kier molecular flexibility index (Phi) is 8.77. The summed E-state index contributed by atoms with van der Waals surface area (Å²) in [6.45, 7) is 8.35. The zero-order valence-electron chi connectivity index (χ0n) is 20.9. The molecule has 9 nitrogen and oxygen atoms in total. The second kappa shape index (κ2) is 11.8. The predicted octanol–water partition coefficient (Wildman–Crippen LogP) is 2.26. The van der Waals surface area contributed by atoms with E-state index in [9.17, 15) is 14.7 Å². The number of carbonyl (C=O) groups is 2. The van der Waals surface area contributed by atoms with Gasteiger partial charge in [-0.05, 0) is 18.9 Å². The Morgan fingerprint density at radius 2 is 2.06 bits per heavy atom. The molecule has 2 aromatic heterocycles. The molecule has 0 saturated heterocycles. The molecule has 1 aliphatic rings. The van der Waals surface area contributed by atoms with Gasteiger partial charge in [0.25, 0.3) is 11.8 Å². The Hall–Kier alpha value is -3.51. The van der Waals surface area contributed by atoms with Crippen LogP contribution in [0, 0.1) is 23.7 Å². The van der Waals surface area contributed by atoms with Crippen LogP contribution in [0.25, 0.3) is 0 Å². The van der Waals surface area contributed by atoms with Crippen molar-refractivity contribution in [1.29, 1.82) is 0 Å². The monoisotopic (exact) mass is 479 g/mol. The number of carbonyl (C=O) groups excluding carboxylic acids is 2. The quantitative estimate of drug-likeness (QED) is 0.633. The summed E-state index contributed by atoms with van der Waals surface area (Å²) in [6.07, 6.45) is 6.28. The van der Waals surface area contributed by atoms with Crippen LogP contribution in [-0.4, -0.2) is 80.6 Å². The van der Waals surface area contributed by atoms with Crippen molar-refractivity contribution < 1.29 is 19.4 Å². The highest BCUT2D eigenvalue weighted by Gasteiger charge is 2.34. The molecule has 0 bridgehead atoms. The molecule has 3 heterocycles. The van der Waals surface area contributed by atoms with Crippen LogP contribution in [0.2, 0.25) is 0 Å². The van der Waals surface area contributed by atoms with E-state index in [1.165, 1.54) is 23.5 Å². The fraction of sp³-hybridized carbons (Fsp3) is 0.500. The molecule has 0 spiro atoms. The molecule has 2 amide bonds. The first-order chi connectivity index (χ1) is 16.7. The molecular weight excluding hydrogens is 446 g/mol. The van der Waals surface area contributed by atoms with Crippen molar-refractivity contribution >= 4 is 11.8 Å². The molecule has 0 saturated carbocycles. The predicted molar refractivity (Wildman–Crippen MR) is 131 cm³/mol. The van der Waals surface area contributed by atoms with E-state index in [0.29, 0.717) is 23.6 Å². The Labute approximate surface area is 206 Å². The molecule has 35 heavy (non-hydrogen) atoms. The summed E-state index contributed by atoms with van der Waals surface area (Å²) in [7, 11) is 1.67. The lowest BCUT2D eigenvalue weighted by Gasteiger charge is -2.37. The van der Waals surface area contributed by atoms with Gasteiger partial charge >= 0.3 is 0 Å². The number of amides is 2. The first-order valence-electron chi connectivity index (χ1n) is 11.8. The number of aliphatic hydroxyl groups is 1. The Balaban J connectivity index is 1.93. The minimum absolute atomic E-state index is 0.148. The van der Waals surface area contributed by atoms with Gasteiger partial charge in [-0.3, -0.25) is 14.6 Å². The number of fused-ring (bicyclic) bond motifs is 1. The third-order valence-electron chi connectivity index (χ3n) is 5.85. The lowest BCUT2D eigenvalue weighted by Crippen LogP contribution is -2.50. The molecule has 9 heteroatoms. The Morgan fingerprint density at radius 3 is 2.71 bits per heavy atom. The highest BCUT2D eigenvalue weighted by Crippen LogP contribution is 2.27. The summed E-state index contributed by atoms with van der Waals surface area (Å²) in [5, 5.41) is 9.81. The fourth-order valence-electron chi connectivity index (χ4n) is 3.70. The minimum Gasteiger partial charge on any atom is -0.472 e. The number of likely N-dealkylation sites (N-methyl/N-ethyl adjacent to an activating group) is 1. The molecule has 1 aliphatic heterocycles. The lowest BCUT2D eigenvalue weighted by atomic mass is 9.99. The van der Waals surface area contributed by atoms with E-state index in [-0.39, 0.29) is 42.5 Å². The number of aliphatic hydroxyl groups excluding tert-OH is 1. The van der Waals surface area contributed by atoms with Crippen molar-refractivity contribution in [1.82, 2.24) is 24.8 Å². The summed E-state index contributed by atoms with van der Waals surface area (Å²) in [4.78, 5) is 41.9. The van der Waals surface area contributed by atoms with Crippen LogP contribution in [-0.2, 0) is 0 Å². The van der Waals surface area contributed by atoms with Gasteiger partial charge in [0.15, 0.2) is 0 Å². The van der Waals surface area contributed by atoms with Crippen LogP contribution in [0.5, 0.6) is 5.88 Å². The van der Waals surface area contributed by atoms with Gasteiger partial charge in [-0.2, -0.15) is 0 Å². The van der Waals surface area contributed by atoms with E-state index in [1.807, 2.05) is 6.92 Å². The van der Waals surface area contributed by atoms with Gasteiger partial charge in [0.05, 0.1) is 25.4 Å². The molecule has 0 fully saturated rings. The van der Waals surface area contributed by atoms with Crippen LogP contribution < -0.4 is 4.74 Å². The van der Waals surface area contributed by atoms with Crippen molar-refractivity contribution in [3.8, 4) is 17.7 Å². The molecule has 3 atom stereocenters. The molecule has 3 rings (SSSR count). The summed E-state index contributed by atoms with van der Waals surface area (Å²) < 4.78 is 6.24. The van der Waals surface area contributed by atoms with Crippen molar-refractivity contribution in [3.63, 3.8) is 0 Å². The minimum atomic E-state index is -0.453. The summed E-state index contributed by atoms with van der Waals surface area (Å²) in [6, 6.07) is 1.29. The molecule has 0 unspecified atom stereocenters. The molecule has 0 aromatic carbocycles. The SMILES string of the molecule is CC(C)CC#Cc1cnc2c(c1)C(=O)N([C@@H](C)CO)C[C@H](C)[C@@H](CN(C)C(=O)c1cnccn1)O2. The maximum absolute atomic E-state index is 13.5. The highest BCUT2D eigenvalue weighted by molar-refractivity contribution is 5.97. The van der Waals surface area contributed by atoms with Gasteiger partial charge in [-0.15, -0.1) is 0 Å². The zero-order chi connectivity index (χ0) is 25.5.